The number of nitrogens with zero attached hydrogens (tertiary/aromatic N) is 5. The van der Waals surface area contributed by atoms with Crippen molar-refractivity contribution < 1.29 is 0 Å². The second-order valence-corrected chi connectivity index (χ2v) is 15.7. The van der Waals surface area contributed by atoms with Crippen LogP contribution in [0.25, 0.3) is 126 Å². The molecule has 14 rings (SSSR count). The average Bonchev–Trinajstić information content (AvgIpc) is 4.02. The first kappa shape index (κ1) is 31.1. The van der Waals surface area contributed by atoms with Gasteiger partial charge in [0.15, 0.2) is 0 Å². The number of aromatic nitrogens is 5. The number of hydrogen-bond donors (Lipinski definition) is 0. The molecule has 0 spiro atoms. The van der Waals surface area contributed by atoms with Gasteiger partial charge >= 0.3 is 0 Å². The molecule has 0 N–H and O–H groups in total. The summed E-state index contributed by atoms with van der Waals surface area (Å²) in [6.07, 6.45) is 0. The predicted molar refractivity (Wildman–Crippen MR) is 246 cm³/mol. The first-order valence-electron chi connectivity index (χ1n) is 20.2. The summed E-state index contributed by atoms with van der Waals surface area (Å²) in [4.78, 5) is 11.1. The van der Waals surface area contributed by atoms with Crippen molar-refractivity contribution in [3.63, 3.8) is 0 Å². The standard InChI is InChI=1S/C54H31N5/c1-2-17-34(18-3-1)57-44-26-12-8-21-37(44)49-39(23-14-28-46(49)57)52-36-20-6-10-24-42(36)55-54(56-52)59-45-27-13-9-22-38(45)50-48(59)31-40-35-19-7-11-25-43(35)58-47-30-33-16-5-4-15-32(33)29-41(47)51(50)53(40)58/h1-31H. The van der Waals surface area contributed by atoms with Crippen molar-refractivity contribution in [2.75, 3.05) is 0 Å². The summed E-state index contributed by atoms with van der Waals surface area (Å²) in [5.74, 6) is 0.653. The zero-order valence-electron chi connectivity index (χ0n) is 31.6. The highest BCUT2D eigenvalue weighted by Crippen LogP contribution is 2.48. The van der Waals surface area contributed by atoms with Crippen LogP contribution in [0.4, 0.5) is 0 Å². The molecule has 0 saturated heterocycles. The van der Waals surface area contributed by atoms with Gasteiger partial charge in [-0.25, -0.2) is 9.97 Å². The molecule has 0 atom stereocenters. The van der Waals surface area contributed by atoms with Gasteiger partial charge in [0.1, 0.15) is 0 Å². The van der Waals surface area contributed by atoms with Crippen molar-refractivity contribution in [1.29, 1.82) is 0 Å². The molecular weight excluding hydrogens is 719 g/mol. The van der Waals surface area contributed by atoms with E-state index in [9.17, 15) is 0 Å². The Morgan fingerprint density at radius 1 is 0.339 bits per heavy atom. The van der Waals surface area contributed by atoms with Crippen LogP contribution in [0.3, 0.4) is 0 Å². The molecule has 5 aromatic heterocycles. The number of rotatable bonds is 3. The first-order valence-corrected chi connectivity index (χ1v) is 20.2. The molecule has 0 bridgehead atoms. The quantitative estimate of drug-likeness (QED) is 0.180. The molecule has 272 valence electrons. The van der Waals surface area contributed by atoms with Gasteiger partial charge in [0.05, 0.1) is 49.8 Å². The van der Waals surface area contributed by atoms with Crippen molar-refractivity contribution in [1.82, 2.24) is 23.5 Å². The molecule has 14 aromatic rings. The summed E-state index contributed by atoms with van der Waals surface area (Å²) in [7, 11) is 0. The zero-order valence-corrected chi connectivity index (χ0v) is 31.6. The molecule has 59 heavy (non-hydrogen) atoms. The highest BCUT2D eigenvalue weighted by Gasteiger charge is 2.26. The van der Waals surface area contributed by atoms with E-state index in [-0.39, 0.29) is 0 Å². The summed E-state index contributed by atoms with van der Waals surface area (Å²) in [6.45, 7) is 0. The first-order chi connectivity index (χ1) is 29.3. The van der Waals surface area contributed by atoms with Crippen LogP contribution in [0, 0.1) is 0 Å². The third kappa shape index (κ3) is 4.03. The number of hydrogen-bond acceptors (Lipinski definition) is 2. The minimum absolute atomic E-state index is 0.653. The number of benzene rings is 9. The van der Waals surface area contributed by atoms with Gasteiger partial charge in [0.2, 0.25) is 5.95 Å². The Kier molecular flexibility index (Phi) is 5.96. The van der Waals surface area contributed by atoms with Crippen molar-refractivity contribution in [2.45, 2.75) is 0 Å². The SMILES string of the molecule is c1ccc(-n2c3ccccc3c3c(-c4nc(-n5c6ccccc6c6c7c8cc9ccccc9cc8n8c9ccccc9c(cc65)c78)nc5ccccc45)cccc32)cc1. The van der Waals surface area contributed by atoms with Crippen LogP contribution >= 0.6 is 0 Å². The molecule has 5 heteroatoms. The summed E-state index contributed by atoms with van der Waals surface area (Å²) < 4.78 is 7.18. The Balaban J connectivity index is 1.14. The van der Waals surface area contributed by atoms with E-state index in [2.05, 4.69) is 202 Å². The Morgan fingerprint density at radius 2 is 0.966 bits per heavy atom. The maximum atomic E-state index is 5.67. The molecule has 5 heterocycles. The van der Waals surface area contributed by atoms with Crippen molar-refractivity contribution in [3.8, 4) is 22.9 Å². The largest absolute Gasteiger partial charge is 0.309 e. The fourth-order valence-corrected chi connectivity index (χ4v) is 10.4. The molecule has 0 saturated carbocycles. The van der Waals surface area contributed by atoms with Crippen molar-refractivity contribution in [3.05, 3.63) is 188 Å². The van der Waals surface area contributed by atoms with Crippen LogP contribution in [-0.2, 0) is 0 Å². The van der Waals surface area contributed by atoms with Crippen LogP contribution in [0.1, 0.15) is 0 Å². The number of fused-ring (bicyclic) bond motifs is 15. The van der Waals surface area contributed by atoms with E-state index < -0.39 is 0 Å². The van der Waals surface area contributed by atoms with E-state index in [0.717, 1.165) is 49.9 Å². The van der Waals surface area contributed by atoms with E-state index in [1.165, 1.54) is 70.4 Å². The summed E-state index contributed by atoms with van der Waals surface area (Å²) in [5.41, 5.74) is 12.2. The molecule has 0 amide bonds. The molecule has 0 aliphatic rings. The van der Waals surface area contributed by atoms with Gasteiger partial charge in [-0.1, -0.05) is 127 Å². The molecule has 9 aromatic carbocycles. The van der Waals surface area contributed by atoms with Crippen molar-refractivity contribution >= 4 is 103 Å². The summed E-state index contributed by atoms with van der Waals surface area (Å²) in [6, 6.07) is 67.9. The molecule has 0 unspecified atom stereocenters. The van der Waals surface area contributed by atoms with E-state index in [1.54, 1.807) is 0 Å². The third-order valence-corrected chi connectivity index (χ3v) is 12.7. The van der Waals surface area contributed by atoms with Gasteiger partial charge in [-0.3, -0.25) is 4.57 Å². The number of para-hydroxylation sites is 5. The average molecular weight is 750 g/mol. The van der Waals surface area contributed by atoms with Gasteiger partial charge in [-0.05, 0) is 71.4 Å². The van der Waals surface area contributed by atoms with Crippen LogP contribution in [0.5, 0.6) is 0 Å². The Bertz CT molecular complexity index is 4070. The van der Waals surface area contributed by atoms with Crippen molar-refractivity contribution in [2.24, 2.45) is 0 Å². The van der Waals surface area contributed by atoms with Gasteiger partial charge in [-0.2, -0.15) is 0 Å². The highest BCUT2D eigenvalue weighted by molar-refractivity contribution is 6.36. The van der Waals surface area contributed by atoms with Gasteiger partial charge in [-0.15, -0.1) is 0 Å². The summed E-state index contributed by atoms with van der Waals surface area (Å²) in [5, 5.41) is 13.3. The normalized spacial score (nSPS) is 12.4. The van der Waals surface area contributed by atoms with E-state index in [1.807, 2.05) is 0 Å². The smallest absolute Gasteiger partial charge is 0.235 e. The minimum atomic E-state index is 0.653. The molecule has 0 aliphatic heterocycles. The fraction of sp³-hybridized carbons (Fsp3) is 0. The predicted octanol–water partition coefficient (Wildman–Crippen LogP) is 13.8. The molecule has 0 fully saturated rings. The third-order valence-electron chi connectivity index (χ3n) is 12.7. The van der Waals surface area contributed by atoms with Crippen LogP contribution in [0.2, 0.25) is 0 Å². The van der Waals surface area contributed by atoms with Crippen LogP contribution < -0.4 is 0 Å². The molecule has 5 nitrogen and oxygen atoms in total. The fourth-order valence-electron chi connectivity index (χ4n) is 10.4. The van der Waals surface area contributed by atoms with Gasteiger partial charge < -0.3 is 8.97 Å². The molecule has 0 radical (unpaired) electrons. The maximum absolute atomic E-state index is 5.67. The molecular formula is C54H31N5. The van der Waals surface area contributed by atoms with Crippen LogP contribution in [0.15, 0.2) is 188 Å². The van der Waals surface area contributed by atoms with E-state index in [4.69, 9.17) is 9.97 Å². The van der Waals surface area contributed by atoms with E-state index >= 15 is 0 Å². The second-order valence-electron chi connectivity index (χ2n) is 15.7. The monoisotopic (exact) mass is 749 g/mol. The lowest BCUT2D eigenvalue weighted by Crippen LogP contribution is -2.03. The van der Waals surface area contributed by atoms with Gasteiger partial charge in [0, 0.05) is 59.7 Å². The van der Waals surface area contributed by atoms with Crippen LogP contribution in [-0.4, -0.2) is 23.5 Å². The molecule has 0 aliphatic carbocycles. The van der Waals surface area contributed by atoms with Gasteiger partial charge in [0.25, 0.3) is 0 Å². The Morgan fingerprint density at radius 3 is 1.78 bits per heavy atom. The lowest BCUT2D eigenvalue weighted by molar-refractivity contribution is 1.01. The topological polar surface area (TPSA) is 40.0 Å². The highest BCUT2D eigenvalue weighted by atomic mass is 15.2. The lowest BCUT2D eigenvalue weighted by atomic mass is 10.00. The zero-order chi connectivity index (χ0) is 38.3. The lowest BCUT2D eigenvalue weighted by Gasteiger charge is -2.13. The van der Waals surface area contributed by atoms with E-state index in [0.29, 0.717) is 5.95 Å². The second kappa shape index (κ2) is 11.3. The Hall–Kier alpha value is -8.02. The maximum Gasteiger partial charge on any atom is 0.235 e. The summed E-state index contributed by atoms with van der Waals surface area (Å²) >= 11 is 0. The Labute approximate surface area is 336 Å². The minimum Gasteiger partial charge on any atom is -0.309 e.